The van der Waals surface area contributed by atoms with Crippen molar-refractivity contribution in [2.75, 3.05) is 12.1 Å². The lowest BCUT2D eigenvalue weighted by atomic mass is 10.2. The Morgan fingerprint density at radius 1 is 1.14 bits per heavy atom. The van der Waals surface area contributed by atoms with Gasteiger partial charge in [0.25, 0.3) is 5.89 Å². The minimum absolute atomic E-state index is 0.259. The molecule has 2 aromatic heterocycles. The van der Waals surface area contributed by atoms with Gasteiger partial charge in [0.1, 0.15) is 0 Å². The second kappa shape index (κ2) is 5.10. The second-order valence-electron chi connectivity index (χ2n) is 4.39. The number of hydrogen-bond donors (Lipinski definition) is 1. The molecule has 0 saturated heterocycles. The Bertz CT molecular complexity index is 755. The molecule has 3 heterocycles. The number of para-hydroxylation sites is 1. The lowest BCUT2D eigenvalue weighted by molar-refractivity contribution is 0.173. The van der Waals surface area contributed by atoms with Crippen LogP contribution in [0.1, 0.15) is 5.56 Å². The quantitative estimate of drug-likeness (QED) is 0.798. The summed E-state index contributed by atoms with van der Waals surface area (Å²) < 4.78 is 16.4. The lowest BCUT2D eigenvalue weighted by Gasteiger charge is -2.05. The average molecular weight is 301 g/mol. The largest absolute Gasteiger partial charge is 0.454 e. The number of rotatable bonds is 4. The van der Waals surface area contributed by atoms with Crippen molar-refractivity contribution >= 4 is 17.4 Å². The summed E-state index contributed by atoms with van der Waals surface area (Å²) in [6, 6.07) is 10.0. The number of nitrogens with one attached hydrogen (secondary N) is 1. The van der Waals surface area contributed by atoms with Crippen molar-refractivity contribution < 1.29 is 13.9 Å². The van der Waals surface area contributed by atoms with Crippen molar-refractivity contribution in [2.24, 2.45) is 0 Å². The van der Waals surface area contributed by atoms with Crippen LogP contribution in [-0.2, 0) is 6.54 Å². The van der Waals surface area contributed by atoms with Crippen molar-refractivity contribution in [1.82, 2.24) is 10.2 Å². The first-order chi connectivity index (χ1) is 10.4. The number of thiophene rings is 1. The Labute approximate surface area is 124 Å². The van der Waals surface area contributed by atoms with Crippen LogP contribution in [0.25, 0.3) is 10.8 Å². The predicted octanol–water partition coefficient (Wildman–Crippen LogP) is 3.14. The maximum Gasteiger partial charge on any atom is 0.316 e. The highest BCUT2D eigenvalue weighted by atomic mass is 32.1. The third-order valence-electron chi connectivity index (χ3n) is 3.07. The molecule has 0 unspecified atom stereocenters. The number of aromatic nitrogens is 2. The van der Waals surface area contributed by atoms with E-state index in [0.717, 1.165) is 21.9 Å². The Morgan fingerprint density at radius 3 is 3.05 bits per heavy atom. The first kappa shape index (κ1) is 12.2. The average Bonchev–Trinajstić information content (AvgIpc) is 3.23. The fourth-order valence-electron chi connectivity index (χ4n) is 2.10. The van der Waals surface area contributed by atoms with E-state index >= 15 is 0 Å². The SMILES string of the molecule is c1csc(-c2nnc(NCc3cccc4c3OCO4)o2)c1. The van der Waals surface area contributed by atoms with Crippen LogP contribution >= 0.6 is 11.3 Å². The fourth-order valence-corrected chi connectivity index (χ4v) is 2.74. The molecule has 0 atom stereocenters. The van der Waals surface area contributed by atoms with Crippen LogP contribution in [0.4, 0.5) is 6.01 Å². The van der Waals surface area contributed by atoms with E-state index in [4.69, 9.17) is 13.9 Å². The van der Waals surface area contributed by atoms with Crippen molar-refractivity contribution in [1.29, 1.82) is 0 Å². The topological polar surface area (TPSA) is 69.4 Å². The molecule has 1 aromatic carbocycles. The Kier molecular flexibility index (Phi) is 2.97. The minimum Gasteiger partial charge on any atom is -0.454 e. The van der Waals surface area contributed by atoms with Crippen LogP contribution in [0.3, 0.4) is 0 Å². The van der Waals surface area contributed by atoms with Gasteiger partial charge in [-0.3, -0.25) is 0 Å². The summed E-state index contributed by atoms with van der Waals surface area (Å²) in [5.74, 6) is 2.05. The first-order valence-corrected chi connectivity index (χ1v) is 7.27. The van der Waals surface area contributed by atoms with Gasteiger partial charge in [0.15, 0.2) is 11.5 Å². The third-order valence-corrected chi connectivity index (χ3v) is 3.92. The minimum atomic E-state index is 0.259. The zero-order valence-electron chi connectivity index (χ0n) is 10.9. The summed E-state index contributed by atoms with van der Waals surface area (Å²) >= 11 is 1.56. The Hall–Kier alpha value is -2.54. The molecule has 1 N–H and O–H groups in total. The summed E-state index contributed by atoms with van der Waals surface area (Å²) in [6.45, 7) is 0.786. The summed E-state index contributed by atoms with van der Waals surface area (Å²) in [7, 11) is 0. The van der Waals surface area contributed by atoms with Gasteiger partial charge in [0.2, 0.25) is 6.79 Å². The van der Waals surface area contributed by atoms with E-state index in [0.29, 0.717) is 18.5 Å². The smallest absolute Gasteiger partial charge is 0.316 e. The Morgan fingerprint density at radius 2 is 2.14 bits per heavy atom. The molecule has 7 heteroatoms. The number of hydrogen-bond acceptors (Lipinski definition) is 7. The third kappa shape index (κ3) is 2.31. The first-order valence-electron chi connectivity index (χ1n) is 6.39. The van der Waals surface area contributed by atoms with Crippen LogP contribution in [0, 0.1) is 0 Å². The monoisotopic (exact) mass is 301 g/mol. The molecule has 6 nitrogen and oxygen atoms in total. The van der Waals surface area contributed by atoms with E-state index < -0.39 is 0 Å². The molecule has 0 radical (unpaired) electrons. The van der Waals surface area contributed by atoms with Crippen LogP contribution in [0.5, 0.6) is 11.5 Å². The molecule has 3 aromatic rings. The molecule has 106 valence electrons. The van der Waals surface area contributed by atoms with Gasteiger partial charge in [0.05, 0.1) is 4.88 Å². The summed E-state index contributed by atoms with van der Waals surface area (Å²) in [5.41, 5.74) is 0.987. The molecule has 0 aliphatic carbocycles. The zero-order chi connectivity index (χ0) is 14.1. The van der Waals surface area contributed by atoms with E-state index in [2.05, 4.69) is 15.5 Å². The van der Waals surface area contributed by atoms with Gasteiger partial charge in [-0.25, -0.2) is 0 Å². The molecule has 0 saturated carbocycles. The molecule has 4 rings (SSSR count). The van der Waals surface area contributed by atoms with Gasteiger partial charge in [-0.15, -0.1) is 16.4 Å². The van der Waals surface area contributed by atoms with E-state index in [1.807, 2.05) is 35.7 Å². The van der Waals surface area contributed by atoms with Gasteiger partial charge in [0, 0.05) is 12.1 Å². The molecule has 1 aliphatic rings. The normalized spacial score (nSPS) is 12.6. The molecular formula is C14H11N3O3S. The highest BCUT2D eigenvalue weighted by Crippen LogP contribution is 2.35. The van der Waals surface area contributed by atoms with E-state index in [1.165, 1.54) is 0 Å². The maximum absolute atomic E-state index is 5.57. The van der Waals surface area contributed by atoms with Crippen molar-refractivity contribution in [3.8, 4) is 22.3 Å². The zero-order valence-corrected chi connectivity index (χ0v) is 11.7. The van der Waals surface area contributed by atoms with Crippen LogP contribution in [0.15, 0.2) is 40.1 Å². The van der Waals surface area contributed by atoms with Crippen LogP contribution < -0.4 is 14.8 Å². The van der Waals surface area contributed by atoms with Gasteiger partial charge >= 0.3 is 6.01 Å². The standard InChI is InChI=1S/C14H11N3O3S/c1-3-9(12-10(4-1)18-8-19-12)7-15-14-17-16-13(20-14)11-5-2-6-21-11/h1-6H,7-8H2,(H,15,17). The Balaban J connectivity index is 1.49. The molecular weight excluding hydrogens is 290 g/mol. The highest BCUT2D eigenvalue weighted by molar-refractivity contribution is 7.13. The van der Waals surface area contributed by atoms with Crippen molar-refractivity contribution in [3.05, 3.63) is 41.3 Å². The number of nitrogens with zero attached hydrogens (tertiary/aromatic N) is 2. The number of anilines is 1. The van der Waals surface area contributed by atoms with Crippen molar-refractivity contribution in [2.45, 2.75) is 6.54 Å². The van der Waals surface area contributed by atoms with E-state index in [1.54, 1.807) is 11.3 Å². The summed E-state index contributed by atoms with van der Waals surface area (Å²) in [6.07, 6.45) is 0. The number of fused-ring (bicyclic) bond motifs is 1. The molecule has 0 bridgehead atoms. The summed E-state index contributed by atoms with van der Waals surface area (Å²) in [4.78, 5) is 0.952. The molecule has 21 heavy (non-hydrogen) atoms. The van der Waals surface area contributed by atoms with Crippen LogP contribution in [0.2, 0.25) is 0 Å². The van der Waals surface area contributed by atoms with Gasteiger partial charge in [-0.2, -0.15) is 0 Å². The maximum atomic E-state index is 5.57. The molecule has 0 spiro atoms. The fraction of sp³-hybridized carbons (Fsp3) is 0.143. The van der Waals surface area contributed by atoms with Gasteiger partial charge in [-0.1, -0.05) is 23.3 Å². The molecule has 0 amide bonds. The van der Waals surface area contributed by atoms with E-state index in [-0.39, 0.29) is 6.79 Å². The van der Waals surface area contributed by atoms with E-state index in [9.17, 15) is 0 Å². The van der Waals surface area contributed by atoms with Gasteiger partial charge in [-0.05, 0) is 17.5 Å². The predicted molar refractivity (Wildman–Crippen MR) is 77.5 cm³/mol. The van der Waals surface area contributed by atoms with Gasteiger partial charge < -0.3 is 19.2 Å². The summed E-state index contributed by atoms with van der Waals surface area (Å²) in [5, 5.41) is 13.1. The highest BCUT2D eigenvalue weighted by Gasteiger charge is 2.17. The molecule has 0 fully saturated rings. The second-order valence-corrected chi connectivity index (χ2v) is 5.34. The number of benzene rings is 1. The lowest BCUT2D eigenvalue weighted by Crippen LogP contribution is -2.01. The number of ether oxygens (including phenoxy) is 2. The van der Waals surface area contributed by atoms with Crippen LogP contribution in [-0.4, -0.2) is 17.0 Å². The molecule has 1 aliphatic heterocycles. The van der Waals surface area contributed by atoms with Crippen molar-refractivity contribution in [3.63, 3.8) is 0 Å².